The normalized spacial score (nSPS) is 15.7. The number of hydrogen-bond acceptors (Lipinski definition) is 3. The summed E-state index contributed by atoms with van der Waals surface area (Å²) in [5, 5.41) is 0. The molecule has 0 N–H and O–H groups in total. The first-order valence-corrected chi connectivity index (χ1v) is 13.0. The largest absolute Gasteiger partial charge is 0.339 e. The highest BCUT2D eigenvalue weighted by Crippen LogP contribution is 2.31. The highest BCUT2D eigenvalue weighted by atomic mass is 79.9. The zero-order valence-corrected chi connectivity index (χ0v) is 21.7. The number of halogens is 1. The van der Waals surface area contributed by atoms with Gasteiger partial charge in [0, 0.05) is 55.8 Å². The molecule has 1 heterocycles. The number of carbonyl (C=O) groups is 1. The number of rotatable bonds is 8. The fourth-order valence-electron chi connectivity index (χ4n) is 4.78. The molecule has 0 radical (unpaired) electrons. The highest BCUT2D eigenvalue weighted by molar-refractivity contribution is 9.10. The molecule has 1 unspecified atom stereocenters. The summed E-state index contributed by atoms with van der Waals surface area (Å²) in [5.41, 5.74) is 4.64. The van der Waals surface area contributed by atoms with Crippen LogP contribution < -0.4 is 0 Å². The molecule has 0 aromatic heterocycles. The van der Waals surface area contributed by atoms with Gasteiger partial charge in [0.25, 0.3) is 5.91 Å². The van der Waals surface area contributed by atoms with E-state index in [9.17, 15) is 4.79 Å². The molecule has 4 nitrogen and oxygen atoms in total. The Hall–Kier alpha value is -2.47. The lowest BCUT2D eigenvalue weighted by atomic mass is 9.95. The van der Waals surface area contributed by atoms with Crippen LogP contribution in [-0.2, 0) is 6.54 Å². The molecule has 3 aromatic carbocycles. The Morgan fingerprint density at radius 3 is 1.94 bits per heavy atom. The van der Waals surface area contributed by atoms with Crippen molar-refractivity contribution in [3.63, 3.8) is 0 Å². The van der Waals surface area contributed by atoms with Crippen LogP contribution in [-0.4, -0.2) is 59.9 Å². The standard InChI is InChI=1S/C29H34BrN3O/c1-3-32(4-2)29(34)26-12-10-24(11-13-26)28(25-14-16-27(30)17-15-25)33-20-18-31(19-21-33)22-23-8-6-5-7-9-23/h5-17,28H,3-4,18-22H2,1-2H3. The number of nitrogens with zero attached hydrogens (tertiary/aromatic N) is 3. The van der Waals surface area contributed by atoms with Gasteiger partial charge in [-0.3, -0.25) is 14.6 Å². The lowest BCUT2D eigenvalue weighted by Crippen LogP contribution is -2.47. The molecule has 0 saturated carbocycles. The maximum Gasteiger partial charge on any atom is 0.253 e. The molecular formula is C29H34BrN3O. The van der Waals surface area contributed by atoms with Crippen molar-refractivity contribution in [1.29, 1.82) is 0 Å². The molecule has 1 atom stereocenters. The first kappa shape index (κ1) is 24.6. The first-order chi connectivity index (χ1) is 16.6. The maximum absolute atomic E-state index is 12.8. The zero-order chi connectivity index (χ0) is 23.9. The fraction of sp³-hybridized carbons (Fsp3) is 0.345. The number of carbonyl (C=O) groups excluding carboxylic acids is 1. The van der Waals surface area contributed by atoms with Gasteiger partial charge in [0.2, 0.25) is 0 Å². The van der Waals surface area contributed by atoms with E-state index in [1.807, 2.05) is 30.9 Å². The minimum absolute atomic E-state index is 0.103. The summed E-state index contributed by atoms with van der Waals surface area (Å²) < 4.78 is 1.09. The monoisotopic (exact) mass is 519 g/mol. The predicted octanol–water partition coefficient (Wildman–Crippen LogP) is 5.84. The molecule has 5 heteroatoms. The Morgan fingerprint density at radius 1 is 0.824 bits per heavy atom. The van der Waals surface area contributed by atoms with Gasteiger partial charge >= 0.3 is 0 Å². The molecular weight excluding hydrogens is 486 g/mol. The van der Waals surface area contributed by atoms with E-state index in [2.05, 4.69) is 92.5 Å². The lowest BCUT2D eigenvalue weighted by molar-refractivity contribution is 0.0773. The second-order valence-electron chi connectivity index (χ2n) is 8.85. The fourth-order valence-corrected chi connectivity index (χ4v) is 5.05. The van der Waals surface area contributed by atoms with Crippen molar-refractivity contribution in [2.75, 3.05) is 39.3 Å². The third-order valence-electron chi connectivity index (χ3n) is 6.73. The zero-order valence-electron chi connectivity index (χ0n) is 20.2. The van der Waals surface area contributed by atoms with Crippen LogP contribution in [0.2, 0.25) is 0 Å². The van der Waals surface area contributed by atoms with E-state index in [0.717, 1.165) is 55.8 Å². The summed E-state index contributed by atoms with van der Waals surface area (Å²) in [6.07, 6.45) is 0. The smallest absolute Gasteiger partial charge is 0.253 e. The van der Waals surface area contributed by atoms with Crippen molar-refractivity contribution in [3.8, 4) is 0 Å². The van der Waals surface area contributed by atoms with Gasteiger partial charge in [-0.15, -0.1) is 0 Å². The molecule has 0 bridgehead atoms. The second-order valence-corrected chi connectivity index (χ2v) is 9.77. The number of hydrogen-bond donors (Lipinski definition) is 0. The molecule has 0 spiro atoms. The molecule has 34 heavy (non-hydrogen) atoms. The lowest BCUT2D eigenvalue weighted by Gasteiger charge is -2.40. The van der Waals surface area contributed by atoms with E-state index in [4.69, 9.17) is 0 Å². The van der Waals surface area contributed by atoms with Gasteiger partial charge < -0.3 is 4.90 Å². The summed E-state index contributed by atoms with van der Waals surface area (Å²) in [6.45, 7) is 10.6. The summed E-state index contributed by atoms with van der Waals surface area (Å²) >= 11 is 3.58. The van der Waals surface area contributed by atoms with Crippen LogP contribution in [0, 0.1) is 0 Å². The number of benzene rings is 3. The van der Waals surface area contributed by atoms with Gasteiger partial charge in [0.05, 0.1) is 6.04 Å². The Bertz CT molecular complexity index is 1040. The van der Waals surface area contributed by atoms with Gasteiger partial charge in [-0.05, 0) is 54.8 Å². The summed E-state index contributed by atoms with van der Waals surface area (Å²) in [7, 11) is 0. The van der Waals surface area contributed by atoms with Gasteiger partial charge in [-0.25, -0.2) is 0 Å². The molecule has 3 aromatic rings. The Kier molecular flexibility index (Phi) is 8.54. The average molecular weight is 521 g/mol. The van der Waals surface area contributed by atoms with Gasteiger partial charge in [0.15, 0.2) is 0 Å². The minimum atomic E-state index is 0.103. The van der Waals surface area contributed by atoms with Gasteiger partial charge in [-0.1, -0.05) is 70.5 Å². The predicted molar refractivity (Wildman–Crippen MR) is 143 cm³/mol. The highest BCUT2D eigenvalue weighted by Gasteiger charge is 2.27. The van der Waals surface area contributed by atoms with Crippen LogP contribution >= 0.6 is 15.9 Å². The minimum Gasteiger partial charge on any atom is -0.339 e. The van der Waals surface area contributed by atoms with Crippen LogP contribution in [0.4, 0.5) is 0 Å². The van der Waals surface area contributed by atoms with Crippen LogP contribution in [0.1, 0.15) is 46.9 Å². The molecule has 1 aliphatic rings. The molecule has 0 aliphatic carbocycles. The van der Waals surface area contributed by atoms with E-state index in [0.29, 0.717) is 0 Å². The van der Waals surface area contributed by atoms with Crippen LogP contribution in [0.3, 0.4) is 0 Å². The Morgan fingerprint density at radius 2 is 1.38 bits per heavy atom. The van der Waals surface area contributed by atoms with Crippen LogP contribution in [0.15, 0.2) is 83.3 Å². The molecule has 178 valence electrons. The molecule has 1 fully saturated rings. The van der Waals surface area contributed by atoms with Crippen molar-refractivity contribution < 1.29 is 4.79 Å². The van der Waals surface area contributed by atoms with Crippen molar-refractivity contribution in [3.05, 3.63) is 106 Å². The first-order valence-electron chi connectivity index (χ1n) is 12.2. The number of piperazine rings is 1. The van der Waals surface area contributed by atoms with Gasteiger partial charge in [0.1, 0.15) is 0 Å². The quantitative estimate of drug-likeness (QED) is 0.374. The molecule has 1 amide bonds. The van der Waals surface area contributed by atoms with E-state index in [-0.39, 0.29) is 11.9 Å². The Balaban J connectivity index is 1.52. The van der Waals surface area contributed by atoms with Gasteiger partial charge in [-0.2, -0.15) is 0 Å². The van der Waals surface area contributed by atoms with Crippen molar-refractivity contribution in [1.82, 2.24) is 14.7 Å². The van der Waals surface area contributed by atoms with Crippen LogP contribution in [0.5, 0.6) is 0 Å². The summed E-state index contributed by atoms with van der Waals surface area (Å²) in [6, 6.07) is 27.8. The average Bonchev–Trinajstić information content (AvgIpc) is 2.88. The third-order valence-corrected chi connectivity index (χ3v) is 7.26. The molecule has 1 saturated heterocycles. The van der Waals surface area contributed by atoms with E-state index >= 15 is 0 Å². The van der Waals surface area contributed by atoms with E-state index < -0.39 is 0 Å². The Labute approximate surface area is 212 Å². The maximum atomic E-state index is 12.8. The van der Waals surface area contributed by atoms with Crippen molar-refractivity contribution in [2.24, 2.45) is 0 Å². The van der Waals surface area contributed by atoms with Crippen molar-refractivity contribution >= 4 is 21.8 Å². The molecule has 4 rings (SSSR count). The van der Waals surface area contributed by atoms with Crippen molar-refractivity contribution in [2.45, 2.75) is 26.4 Å². The molecule has 1 aliphatic heterocycles. The summed E-state index contributed by atoms with van der Waals surface area (Å²) in [5.74, 6) is 0.103. The summed E-state index contributed by atoms with van der Waals surface area (Å²) in [4.78, 5) is 19.8. The van der Waals surface area contributed by atoms with Crippen LogP contribution in [0.25, 0.3) is 0 Å². The number of amides is 1. The second kappa shape index (κ2) is 11.8. The SMILES string of the molecule is CCN(CC)C(=O)c1ccc(C(c2ccc(Br)cc2)N2CCN(Cc3ccccc3)CC2)cc1. The topological polar surface area (TPSA) is 26.8 Å². The van der Waals surface area contributed by atoms with E-state index in [1.165, 1.54) is 16.7 Å². The third kappa shape index (κ3) is 5.96. The van der Waals surface area contributed by atoms with E-state index in [1.54, 1.807) is 0 Å².